The van der Waals surface area contributed by atoms with Crippen LogP contribution in [0.2, 0.25) is 0 Å². The number of sulfonamides is 1. The minimum absolute atomic E-state index is 0.277. The fourth-order valence-electron chi connectivity index (χ4n) is 2.09. The molecule has 116 valence electrons. The van der Waals surface area contributed by atoms with Gasteiger partial charge < -0.3 is 15.2 Å². The average Bonchev–Trinajstić information content (AvgIpc) is 2.79. The SMILES string of the molecule is CCCN(CC)CCNS(=O)(=O)c1cc(CN)n(C)c1. The molecule has 0 aliphatic carbocycles. The third kappa shape index (κ3) is 4.59. The van der Waals surface area contributed by atoms with E-state index in [0.29, 0.717) is 13.1 Å². The van der Waals surface area contributed by atoms with E-state index in [1.807, 2.05) is 0 Å². The Kier molecular flexibility index (Phi) is 6.67. The van der Waals surface area contributed by atoms with E-state index in [2.05, 4.69) is 23.5 Å². The van der Waals surface area contributed by atoms with Crippen molar-refractivity contribution in [3.63, 3.8) is 0 Å². The molecule has 0 fully saturated rings. The fourth-order valence-corrected chi connectivity index (χ4v) is 3.21. The van der Waals surface area contributed by atoms with Crippen molar-refractivity contribution in [1.82, 2.24) is 14.2 Å². The molecule has 20 heavy (non-hydrogen) atoms. The van der Waals surface area contributed by atoms with Gasteiger partial charge in [0.2, 0.25) is 10.0 Å². The Hall–Kier alpha value is -0.890. The van der Waals surface area contributed by atoms with Crippen molar-refractivity contribution in [1.29, 1.82) is 0 Å². The van der Waals surface area contributed by atoms with Crippen LogP contribution in [0.25, 0.3) is 0 Å². The van der Waals surface area contributed by atoms with Gasteiger partial charge in [0.1, 0.15) is 0 Å². The summed E-state index contributed by atoms with van der Waals surface area (Å²) < 4.78 is 28.7. The summed E-state index contributed by atoms with van der Waals surface area (Å²) in [5, 5.41) is 0. The molecular formula is C13H26N4O2S. The summed E-state index contributed by atoms with van der Waals surface area (Å²) >= 11 is 0. The van der Waals surface area contributed by atoms with Gasteiger partial charge in [-0.25, -0.2) is 13.1 Å². The molecule has 1 aromatic rings. The molecule has 0 aliphatic heterocycles. The Labute approximate surface area is 122 Å². The predicted molar refractivity (Wildman–Crippen MR) is 80.9 cm³/mol. The Morgan fingerprint density at radius 1 is 1.35 bits per heavy atom. The van der Waals surface area contributed by atoms with Gasteiger partial charge in [0.05, 0.1) is 4.90 Å². The number of likely N-dealkylation sites (N-methyl/N-ethyl adjacent to an activating group) is 1. The second-order valence-electron chi connectivity index (χ2n) is 4.81. The molecule has 3 N–H and O–H groups in total. The lowest BCUT2D eigenvalue weighted by atomic mass is 10.4. The van der Waals surface area contributed by atoms with E-state index in [1.165, 1.54) is 0 Å². The number of rotatable bonds is 9. The van der Waals surface area contributed by atoms with Gasteiger partial charge in [0.25, 0.3) is 0 Å². The van der Waals surface area contributed by atoms with Gasteiger partial charge in [-0.1, -0.05) is 13.8 Å². The zero-order valence-electron chi connectivity index (χ0n) is 12.6. The summed E-state index contributed by atoms with van der Waals surface area (Å²) in [5.74, 6) is 0. The number of hydrogen-bond donors (Lipinski definition) is 2. The monoisotopic (exact) mass is 302 g/mol. The zero-order chi connectivity index (χ0) is 15.2. The molecule has 0 aromatic carbocycles. The average molecular weight is 302 g/mol. The number of aromatic nitrogens is 1. The molecule has 7 heteroatoms. The Morgan fingerprint density at radius 3 is 2.55 bits per heavy atom. The van der Waals surface area contributed by atoms with Gasteiger partial charge in [0, 0.05) is 38.6 Å². The van der Waals surface area contributed by atoms with Crippen LogP contribution in [0, 0.1) is 0 Å². The van der Waals surface area contributed by atoms with E-state index in [4.69, 9.17) is 5.73 Å². The predicted octanol–water partition coefficient (Wildman–Crippen LogP) is 0.494. The normalized spacial score (nSPS) is 12.2. The van der Waals surface area contributed by atoms with Crippen LogP contribution in [0.5, 0.6) is 0 Å². The van der Waals surface area contributed by atoms with Crippen molar-refractivity contribution in [3.05, 3.63) is 18.0 Å². The van der Waals surface area contributed by atoms with Crippen LogP contribution in [0.4, 0.5) is 0 Å². The smallest absolute Gasteiger partial charge is 0.242 e. The summed E-state index contributed by atoms with van der Waals surface area (Å²) in [7, 11) is -1.65. The van der Waals surface area contributed by atoms with Gasteiger partial charge in [0.15, 0.2) is 0 Å². The second kappa shape index (κ2) is 7.78. The van der Waals surface area contributed by atoms with E-state index in [0.717, 1.165) is 31.7 Å². The van der Waals surface area contributed by atoms with E-state index in [9.17, 15) is 8.42 Å². The van der Waals surface area contributed by atoms with Crippen molar-refractivity contribution in [2.75, 3.05) is 26.2 Å². The Bertz CT molecular complexity index is 510. The highest BCUT2D eigenvalue weighted by Gasteiger charge is 2.17. The number of nitrogens with one attached hydrogen (secondary N) is 1. The van der Waals surface area contributed by atoms with Gasteiger partial charge in [-0.3, -0.25) is 0 Å². The second-order valence-corrected chi connectivity index (χ2v) is 6.58. The van der Waals surface area contributed by atoms with Crippen molar-refractivity contribution in [2.45, 2.75) is 31.7 Å². The molecule has 0 bridgehead atoms. The Morgan fingerprint density at radius 2 is 2.05 bits per heavy atom. The number of nitrogens with two attached hydrogens (primary N) is 1. The minimum Gasteiger partial charge on any atom is -0.352 e. The molecule has 6 nitrogen and oxygen atoms in total. The van der Waals surface area contributed by atoms with Gasteiger partial charge >= 0.3 is 0 Å². The van der Waals surface area contributed by atoms with E-state index in [1.54, 1.807) is 23.9 Å². The third-order valence-electron chi connectivity index (χ3n) is 3.31. The quantitative estimate of drug-likeness (QED) is 0.696. The maximum absolute atomic E-state index is 12.2. The van der Waals surface area contributed by atoms with Crippen LogP contribution in [0.15, 0.2) is 17.2 Å². The molecule has 0 amide bonds. The van der Waals surface area contributed by atoms with Crippen molar-refractivity contribution >= 4 is 10.0 Å². The lowest BCUT2D eigenvalue weighted by Gasteiger charge is -2.19. The number of nitrogens with zero attached hydrogens (tertiary/aromatic N) is 2. The van der Waals surface area contributed by atoms with Crippen molar-refractivity contribution in [2.24, 2.45) is 12.8 Å². The van der Waals surface area contributed by atoms with Crippen molar-refractivity contribution < 1.29 is 8.42 Å². The summed E-state index contributed by atoms with van der Waals surface area (Å²) in [6, 6.07) is 1.62. The molecule has 0 saturated heterocycles. The van der Waals surface area contributed by atoms with Crippen LogP contribution in [0.1, 0.15) is 26.0 Å². The standard InChI is InChI=1S/C13H26N4O2S/c1-4-7-17(5-2)8-6-15-20(18,19)13-9-12(10-14)16(3)11-13/h9,11,15H,4-8,10,14H2,1-3H3. The summed E-state index contributed by atoms with van der Waals surface area (Å²) in [5.41, 5.74) is 6.35. The van der Waals surface area contributed by atoms with Gasteiger partial charge in [-0.2, -0.15) is 0 Å². The topological polar surface area (TPSA) is 80.4 Å². The maximum Gasteiger partial charge on any atom is 0.242 e. The molecule has 0 unspecified atom stereocenters. The van der Waals surface area contributed by atoms with Crippen LogP contribution in [-0.2, 0) is 23.6 Å². The Balaban J connectivity index is 2.61. The highest BCUT2D eigenvalue weighted by atomic mass is 32.2. The number of aryl methyl sites for hydroxylation is 1. The fraction of sp³-hybridized carbons (Fsp3) is 0.692. The molecule has 0 atom stereocenters. The number of hydrogen-bond acceptors (Lipinski definition) is 4. The van der Waals surface area contributed by atoms with E-state index in [-0.39, 0.29) is 4.90 Å². The van der Waals surface area contributed by atoms with Crippen LogP contribution in [0.3, 0.4) is 0 Å². The molecule has 0 saturated carbocycles. The zero-order valence-corrected chi connectivity index (χ0v) is 13.4. The van der Waals surface area contributed by atoms with Crippen LogP contribution >= 0.6 is 0 Å². The van der Waals surface area contributed by atoms with E-state index < -0.39 is 10.0 Å². The lowest BCUT2D eigenvalue weighted by Crippen LogP contribution is -2.35. The molecule has 0 aliphatic rings. The first-order chi connectivity index (χ1) is 9.44. The largest absolute Gasteiger partial charge is 0.352 e. The molecule has 1 heterocycles. The lowest BCUT2D eigenvalue weighted by molar-refractivity contribution is 0.293. The molecular weight excluding hydrogens is 276 g/mol. The first kappa shape index (κ1) is 17.2. The molecule has 0 spiro atoms. The minimum atomic E-state index is -3.44. The van der Waals surface area contributed by atoms with Crippen LogP contribution in [-0.4, -0.2) is 44.1 Å². The molecule has 1 rings (SSSR count). The maximum atomic E-state index is 12.2. The summed E-state index contributed by atoms with van der Waals surface area (Å²) in [6.45, 7) is 7.58. The first-order valence-corrected chi connectivity index (χ1v) is 8.50. The van der Waals surface area contributed by atoms with E-state index >= 15 is 0 Å². The van der Waals surface area contributed by atoms with Gasteiger partial charge in [-0.05, 0) is 25.6 Å². The van der Waals surface area contributed by atoms with Crippen molar-refractivity contribution in [3.8, 4) is 0 Å². The van der Waals surface area contributed by atoms with Crippen LogP contribution < -0.4 is 10.5 Å². The molecule has 1 aromatic heterocycles. The summed E-state index contributed by atoms with van der Waals surface area (Å²) in [6.07, 6.45) is 2.66. The third-order valence-corrected chi connectivity index (χ3v) is 4.74. The summed E-state index contributed by atoms with van der Waals surface area (Å²) in [4.78, 5) is 2.50. The van der Waals surface area contributed by atoms with Gasteiger partial charge in [-0.15, -0.1) is 0 Å². The molecule has 0 radical (unpaired) electrons. The first-order valence-electron chi connectivity index (χ1n) is 7.01. The highest BCUT2D eigenvalue weighted by molar-refractivity contribution is 7.89. The highest BCUT2D eigenvalue weighted by Crippen LogP contribution is 2.12.